The topological polar surface area (TPSA) is 102 Å². The van der Waals surface area contributed by atoms with Crippen LogP contribution < -0.4 is 0 Å². The number of carbonyl (C=O) groups excluding carboxylic acids is 4. The molecule has 1 aliphatic rings. The van der Waals surface area contributed by atoms with Gasteiger partial charge < -0.3 is 19.1 Å². The fraction of sp³-hybridized carbons (Fsp3) is 0.412. The van der Waals surface area contributed by atoms with Crippen LogP contribution in [0.5, 0.6) is 0 Å². The van der Waals surface area contributed by atoms with Crippen molar-refractivity contribution in [1.82, 2.24) is 9.80 Å². The average molecular weight is 364 g/mol. The van der Waals surface area contributed by atoms with Gasteiger partial charge in [-0.3, -0.25) is 9.69 Å². The second kappa shape index (κ2) is 8.84. The third kappa shape index (κ3) is 4.29. The number of methoxy groups -OCH3 is 2. The van der Waals surface area contributed by atoms with Gasteiger partial charge in [-0.1, -0.05) is 30.3 Å². The molecule has 1 heterocycles. The Balaban J connectivity index is 2.24. The number of hydrogen-bond donors (Lipinski definition) is 0. The minimum Gasteiger partial charge on any atom is -0.467 e. The van der Waals surface area contributed by atoms with Crippen LogP contribution in [0.4, 0.5) is 4.79 Å². The van der Waals surface area contributed by atoms with Crippen LogP contribution in [-0.4, -0.2) is 73.6 Å². The van der Waals surface area contributed by atoms with E-state index in [1.807, 2.05) is 6.07 Å². The monoisotopic (exact) mass is 364 g/mol. The van der Waals surface area contributed by atoms with Crippen LogP contribution in [-0.2, 0) is 35.2 Å². The Kier molecular flexibility index (Phi) is 6.54. The predicted octanol–water partition coefficient (Wildman–Crippen LogP) is 0.180. The number of amides is 2. The Morgan fingerprint density at radius 1 is 1.04 bits per heavy atom. The molecule has 9 heteroatoms. The maximum absolute atomic E-state index is 12.6. The van der Waals surface area contributed by atoms with Gasteiger partial charge in [-0.15, -0.1) is 0 Å². The van der Waals surface area contributed by atoms with Crippen molar-refractivity contribution in [3.63, 3.8) is 0 Å². The Labute approximate surface area is 150 Å². The molecule has 1 aliphatic heterocycles. The summed E-state index contributed by atoms with van der Waals surface area (Å²) in [5.41, 5.74) is 0.747. The fourth-order valence-electron chi connectivity index (χ4n) is 2.69. The highest BCUT2D eigenvalue weighted by Crippen LogP contribution is 2.19. The van der Waals surface area contributed by atoms with Gasteiger partial charge in [-0.2, -0.15) is 0 Å². The summed E-state index contributed by atoms with van der Waals surface area (Å²) >= 11 is 0. The Hall–Kier alpha value is -3.10. The van der Waals surface area contributed by atoms with Gasteiger partial charge in [0.25, 0.3) is 0 Å². The highest BCUT2D eigenvalue weighted by molar-refractivity contribution is 5.88. The molecule has 140 valence electrons. The summed E-state index contributed by atoms with van der Waals surface area (Å²) in [6.07, 6.45) is -0.372. The van der Waals surface area contributed by atoms with Crippen molar-refractivity contribution in [1.29, 1.82) is 0 Å². The number of esters is 2. The Morgan fingerprint density at radius 3 is 2.04 bits per heavy atom. The van der Waals surface area contributed by atoms with Crippen LogP contribution >= 0.6 is 0 Å². The van der Waals surface area contributed by atoms with E-state index in [-0.39, 0.29) is 19.7 Å². The van der Waals surface area contributed by atoms with Crippen molar-refractivity contribution in [2.75, 3.05) is 27.3 Å². The van der Waals surface area contributed by atoms with E-state index in [0.717, 1.165) is 24.7 Å². The average Bonchev–Trinajstić information content (AvgIpc) is 2.70. The molecule has 1 saturated heterocycles. The summed E-state index contributed by atoms with van der Waals surface area (Å²) in [5, 5.41) is 0. The molecule has 2 amide bonds. The van der Waals surface area contributed by atoms with Crippen LogP contribution in [0.25, 0.3) is 0 Å². The lowest BCUT2D eigenvalue weighted by Crippen LogP contribution is -2.65. The highest BCUT2D eigenvalue weighted by atomic mass is 16.6. The van der Waals surface area contributed by atoms with Crippen LogP contribution in [0.15, 0.2) is 30.3 Å². The zero-order valence-corrected chi connectivity index (χ0v) is 14.5. The maximum Gasteiger partial charge on any atom is 0.411 e. The van der Waals surface area contributed by atoms with Crippen molar-refractivity contribution in [2.24, 2.45) is 0 Å². The first-order chi connectivity index (χ1) is 12.5. The quantitative estimate of drug-likeness (QED) is 0.417. The first-order valence-electron chi connectivity index (χ1n) is 7.85. The number of piperazine rings is 1. The lowest BCUT2D eigenvalue weighted by Gasteiger charge is -2.41. The van der Waals surface area contributed by atoms with E-state index in [1.54, 1.807) is 24.3 Å². The van der Waals surface area contributed by atoms with Crippen molar-refractivity contribution >= 4 is 24.4 Å². The van der Waals surface area contributed by atoms with Gasteiger partial charge in [0.2, 0.25) is 6.41 Å². The summed E-state index contributed by atoms with van der Waals surface area (Å²) in [5.74, 6) is -1.52. The molecule has 2 unspecified atom stereocenters. The lowest BCUT2D eigenvalue weighted by molar-refractivity contribution is -0.159. The van der Waals surface area contributed by atoms with Crippen LogP contribution in [0, 0.1) is 0 Å². The van der Waals surface area contributed by atoms with E-state index >= 15 is 0 Å². The van der Waals surface area contributed by atoms with Gasteiger partial charge in [0.05, 0.1) is 27.3 Å². The third-order valence-electron chi connectivity index (χ3n) is 4.00. The number of nitrogens with zero attached hydrogens (tertiary/aromatic N) is 2. The van der Waals surface area contributed by atoms with Crippen molar-refractivity contribution < 1.29 is 33.4 Å². The van der Waals surface area contributed by atoms with Crippen LogP contribution in [0.1, 0.15) is 5.56 Å². The summed E-state index contributed by atoms with van der Waals surface area (Å²) in [7, 11) is 2.31. The smallest absolute Gasteiger partial charge is 0.411 e. The number of hydrogen-bond acceptors (Lipinski definition) is 7. The molecule has 1 aromatic rings. The minimum atomic E-state index is -1.17. The fourth-order valence-corrected chi connectivity index (χ4v) is 2.69. The molecule has 0 saturated carbocycles. The van der Waals surface area contributed by atoms with Crippen molar-refractivity contribution in [2.45, 2.75) is 18.7 Å². The molecule has 1 fully saturated rings. The molecule has 0 radical (unpaired) electrons. The van der Waals surface area contributed by atoms with Crippen LogP contribution in [0.2, 0.25) is 0 Å². The van der Waals surface area contributed by atoms with Gasteiger partial charge in [0, 0.05) is 0 Å². The Morgan fingerprint density at radius 2 is 1.58 bits per heavy atom. The van der Waals surface area contributed by atoms with Crippen molar-refractivity contribution in [3.8, 4) is 0 Å². The molecule has 0 N–H and O–H groups in total. The number of carbonyl (C=O) groups is 4. The van der Waals surface area contributed by atoms with E-state index in [9.17, 15) is 19.2 Å². The highest BCUT2D eigenvalue weighted by Gasteiger charge is 2.46. The molecule has 2 rings (SSSR count). The molecule has 0 aliphatic carbocycles. The molecule has 0 spiro atoms. The normalized spacial score (nSPS) is 19.5. The molecule has 0 bridgehead atoms. The second-order valence-corrected chi connectivity index (χ2v) is 5.58. The van der Waals surface area contributed by atoms with E-state index in [1.165, 1.54) is 4.90 Å². The summed E-state index contributed by atoms with van der Waals surface area (Å²) < 4.78 is 14.7. The lowest BCUT2D eigenvalue weighted by atomic mass is 10.1. The first kappa shape index (κ1) is 19.2. The largest absolute Gasteiger partial charge is 0.467 e. The van der Waals surface area contributed by atoms with Gasteiger partial charge in [0.15, 0.2) is 12.1 Å². The van der Waals surface area contributed by atoms with Gasteiger partial charge in [-0.05, 0) is 5.56 Å². The van der Waals surface area contributed by atoms with E-state index in [4.69, 9.17) is 14.2 Å². The second-order valence-electron chi connectivity index (χ2n) is 5.58. The van der Waals surface area contributed by atoms with Gasteiger partial charge >= 0.3 is 18.0 Å². The summed E-state index contributed by atoms with van der Waals surface area (Å²) in [6, 6.07) is 6.60. The van der Waals surface area contributed by atoms with E-state index < -0.39 is 30.1 Å². The molecular weight excluding hydrogens is 344 g/mol. The van der Waals surface area contributed by atoms with Gasteiger partial charge in [0.1, 0.15) is 6.61 Å². The summed E-state index contributed by atoms with van der Waals surface area (Å²) in [4.78, 5) is 50.2. The molecule has 9 nitrogen and oxygen atoms in total. The minimum absolute atomic E-state index is 0.0324. The summed E-state index contributed by atoms with van der Waals surface area (Å²) in [6.45, 7) is -0.246. The zero-order chi connectivity index (χ0) is 19.1. The number of benzene rings is 1. The third-order valence-corrected chi connectivity index (χ3v) is 4.00. The molecular formula is C17H20N2O7. The zero-order valence-electron chi connectivity index (χ0n) is 14.5. The van der Waals surface area contributed by atoms with Crippen LogP contribution in [0.3, 0.4) is 0 Å². The Bertz CT molecular complexity index is 638. The SMILES string of the molecule is COC(=O)C1CN(C=O)CC(C(=O)OC)N1C(=O)OCc1ccccc1. The standard InChI is InChI=1S/C17H20N2O7/c1-24-15(21)13-8-18(11-20)9-14(16(22)25-2)19(13)17(23)26-10-12-6-4-3-5-7-12/h3-7,11,13-14H,8-10H2,1-2H3. The molecule has 0 aromatic heterocycles. The van der Waals surface area contributed by atoms with E-state index in [0.29, 0.717) is 6.41 Å². The molecule has 2 atom stereocenters. The number of ether oxygens (including phenoxy) is 3. The predicted molar refractivity (Wildman–Crippen MR) is 87.7 cm³/mol. The molecule has 26 heavy (non-hydrogen) atoms. The number of rotatable bonds is 5. The van der Waals surface area contributed by atoms with E-state index in [2.05, 4.69) is 0 Å². The maximum atomic E-state index is 12.6. The first-order valence-corrected chi connectivity index (χ1v) is 7.85. The van der Waals surface area contributed by atoms with Crippen molar-refractivity contribution in [3.05, 3.63) is 35.9 Å². The van der Waals surface area contributed by atoms with Gasteiger partial charge in [-0.25, -0.2) is 14.4 Å². The molecule has 1 aromatic carbocycles.